The van der Waals surface area contributed by atoms with Gasteiger partial charge in [0.2, 0.25) is 0 Å². The molecule has 0 bridgehead atoms. The zero-order valence-electron chi connectivity index (χ0n) is 8.09. The van der Waals surface area contributed by atoms with Gasteiger partial charge in [-0.1, -0.05) is 0 Å². The maximum Gasteiger partial charge on any atom is 0.0364 e. The summed E-state index contributed by atoms with van der Waals surface area (Å²) in [4.78, 5) is 3.48. The van der Waals surface area contributed by atoms with E-state index in [9.17, 15) is 0 Å². The van der Waals surface area contributed by atoms with E-state index in [0.29, 0.717) is 0 Å². The summed E-state index contributed by atoms with van der Waals surface area (Å²) < 4.78 is 0. The van der Waals surface area contributed by atoms with Crippen LogP contribution in [-0.4, -0.2) is 20.4 Å². The molecular formula is C10H15NS. The Balaban J connectivity index is 3.02. The van der Waals surface area contributed by atoms with Gasteiger partial charge in [0, 0.05) is 24.7 Å². The predicted molar refractivity (Wildman–Crippen MR) is 57.3 cm³/mol. The van der Waals surface area contributed by atoms with Gasteiger partial charge in [-0.2, -0.15) is 0 Å². The van der Waals surface area contributed by atoms with Crippen LogP contribution >= 0.6 is 11.8 Å². The lowest BCUT2D eigenvalue weighted by Gasteiger charge is -2.14. The number of anilines is 1. The van der Waals surface area contributed by atoms with E-state index in [1.807, 2.05) is 0 Å². The van der Waals surface area contributed by atoms with Crippen molar-refractivity contribution in [3.8, 4) is 0 Å². The average molecular weight is 181 g/mol. The molecule has 0 aliphatic heterocycles. The van der Waals surface area contributed by atoms with Crippen LogP contribution in [0.5, 0.6) is 0 Å². The van der Waals surface area contributed by atoms with Crippen LogP contribution < -0.4 is 4.90 Å². The average Bonchev–Trinajstić information content (AvgIpc) is 2.04. The van der Waals surface area contributed by atoms with Crippen molar-refractivity contribution in [1.82, 2.24) is 0 Å². The molecule has 0 heterocycles. The van der Waals surface area contributed by atoms with Crippen molar-refractivity contribution in [3.05, 3.63) is 23.8 Å². The van der Waals surface area contributed by atoms with Gasteiger partial charge in [-0.25, -0.2) is 0 Å². The van der Waals surface area contributed by atoms with Crippen molar-refractivity contribution in [2.24, 2.45) is 0 Å². The van der Waals surface area contributed by atoms with Gasteiger partial charge < -0.3 is 4.90 Å². The van der Waals surface area contributed by atoms with Gasteiger partial charge >= 0.3 is 0 Å². The maximum absolute atomic E-state index is 2.21. The van der Waals surface area contributed by atoms with Crippen LogP contribution in [0.25, 0.3) is 0 Å². The largest absolute Gasteiger partial charge is 0.378 e. The summed E-state index contributed by atoms with van der Waals surface area (Å²) >= 11 is 1.80. The SMILES string of the molecule is CSc1ccc(N(C)C)cc1C. The third-order valence-electron chi connectivity index (χ3n) is 1.89. The zero-order valence-corrected chi connectivity index (χ0v) is 8.90. The molecule has 1 rings (SSSR count). The molecule has 1 aromatic carbocycles. The molecule has 0 amide bonds. The van der Waals surface area contributed by atoms with Gasteiger partial charge in [0.1, 0.15) is 0 Å². The summed E-state index contributed by atoms with van der Waals surface area (Å²) in [6, 6.07) is 6.54. The lowest BCUT2D eigenvalue weighted by atomic mass is 10.2. The topological polar surface area (TPSA) is 3.24 Å². The highest BCUT2D eigenvalue weighted by atomic mass is 32.2. The first-order valence-corrected chi connectivity index (χ1v) is 5.19. The van der Waals surface area contributed by atoms with E-state index >= 15 is 0 Å². The Morgan fingerprint density at radius 3 is 2.33 bits per heavy atom. The fraction of sp³-hybridized carbons (Fsp3) is 0.400. The number of rotatable bonds is 2. The fourth-order valence-corrected chi connectivity index (χ4v) is 1.73. The van der Waals surface area contributed by atoms with E-state index < -0.39 is 0 Å². The quantitative estimate of drug-likeness (QED) is 0.645. The molecule has 0 aliphatic carbocycles. The molecule has 0 saturated carbocycles. The number of benzene rings is 1. The van der Waals surface area contributed by atoms with Crippen LogP contribution in [0.2, 0.25) is 0 Å². The number of hydrogen-bond acceptors (Lipinski definition) is 2. The number of hydrogen-bond donors (Lipinski definition) is 0. The molecule has 1 aromatic rings. The molecule has 0 spiro atoms. The summed E-state index contributed by atoms with van der Waals surface area (Å²) in [6.07, 6.45) is 2.11. The van der Waals surface area contributed by atoms with Crippen LogP contribution in [0.4, 0.5) is 5.69 Å². The monoisotopic (exact) mass is 181 g/mol. The second-order valence-electron chi connectivity index (χ2n) is 3.05. The van der Waals surface area contributed by atoms with Crippen LogP contribution in [0.15, 0.2) is 23.1 Å². The number of nitrogens with zero attached hydrogens (tertiary/aromatic N) is 1. The molecule has 0 radical (unpaired) electrons. The van der Waals surface area contributed by atoms with Crippen molar-refractivity contribution in [2.75, 3.05) is 25.3 Å². The molecule has 0 saturated heterocycles. The molecular weight excluding hydrogens is 166 g/mol. The highest BCUT2D eigenvalue weighted by Gasteiger charge is 1.99. The molecule has 0 aliphatic rings. The molecule has 2 heteroatoms. The van der Waals surface area contributed by atoms with E-state index in [1.54, 1.807) is 11.8 Å². The van der Waals surface area contributed by atoms with Crippen LogP contribution in [0.3, 0.4) is 0 Å². The molecule has 0 atom stereocenters. The third-order valence-corrected chi connectivity index (χ3v) is 2.79. The Morgan fingerprint density at radius 2 is 1.92 bits per heavy atom. The minimum atomic E-state index is 1.27. The van der Waals surface area contributed by atoms with Gasteiger partial charge in [-0.05, 0) is 36.9 Å². The van der Waals surface area contributed by atoms with E-state index in [0.717, 1.165) is 0 Å². The lowest BCUT2D eigenvalue weighted by molar-refractivity contribution is 1.12. The van der Waals surface area contributed by atoms with Gasteiger partial charge in [0.05, 0.1) is 0 Å². The first kappa shape index (κ1) is 9.46. The van der Waals surface area contributed by atoms with E-state index in [2.05, 4.69) is 50.4 Å². The molecule has 12 heavy (non-hydrogen) atoms. The third kappa shape index (κ3) is 1.95. The molecule has 1 nitrogen and oxygen atoms in total. The Morgan fingerprint density at radius 1 is 1.25 bits per heavy atom. The Bertz CT molecular complexity index is 269. The second kappa shape index (κ2) is 3.85. The maximum atomic E-state index is 2.21. The second-order valence-corrected chi connectivity index (χ2v) is 3.90. The first-order valence-electron chi connectivity index (χ1n) is 3.97. The van der Waals surface area contributed by atoms with E-state index in [4.69, 9.17) is 0 Å². The van der Waals surface area contributed by atoms with Crippen molar-refractivity contribution < 1.29 is 0 Å². The number of thioether (sulfide) groups is 1. The highest BCUT2D eigenvalue weighted by molar-refractivity contribution is 7.98. The van der Waals surface area contributed by atoms with Gasteiger partial charge in [-0.15, -0.1) is 11.8 Å². The van der Waals surface area contributed by atoms with Gasteiger partial charge in [0.15, 0.2) is 0 Å². The summed E-state index contributed by atoms with van der Waals surface area (Å²) in [5, 5.41) is 0. The Labute approximate surface area is 78.8 Å². The molecule has 0 aromatic heterocycles. The Kier molecular flexibility index (Phi) is 3.04. The summed E-state index contributed by atoms with van der Waals surface area (Å²) in [7, 11) is 4.13. The highest BCUT2D eigenvalue weighted by Crippen LogP contribution is 2.23. The minimum absolute atomic E-state index is 1.27. The van der Waals surface area contributed by atoms with Crippen LogP contribution in [-0.2, 0) is 0 Å². The van der Waals surface area contributed by atoms with Crippen molar-refractivity contribution in [2.45, 2.75) is 11.8 Å². The van der Waals surface area contributed by atoms with Crippen molar-refractivity contribution in [1.29, 1.82) is 0 Å². The minimum Gasteiger partial charge on any atom is -0.378 e. The van der Waals surface area contributed by atoms with Crippen LogP contribution in [0.1, 0.15) is 5.56 Å². The van der Waals surface area contributed by atoms with Crippen LogP contribution in [0, 0.1) is 6.92 Å². The molecule has 66 valence electrons. The lowest BCUT2D eigenvalue weighted by Crippen LogP contribution is -2.08. The summed E-state index contributed by atoms with van der Waals surface area (Å²) in [5.74, 6) is 0. The summed E-state index contributed by atoms with van der Waals surface area (Å²) in [6.45, 7) is 2.15. The zero-order chi connectivity index (χ0) is 9.14. The van der Waals surface area contributed by atoms with Gasteiger partial charge in [-0.3, -0.25) is 0 Å². The molecule has 0 N–H and O–H groups in total. The normalized spacial score (nSPS) is 10.0. The van der Waals surface area contributed by atoms with Crippen molar-refractivity contribution in [3.63, 3.8) is 0 Å². The fourth-order valence-electron chi connectivity index (χ4n) is 1.14. The number of aryl methyl sites for hydroxylation is 1. The summed E-state index contributed by atoms with van der Waals surface area (Å²) in [5.41, 5.74) is 2.62. The first-order chi connectivity index (χ1) is 5.65. The van der Waals surface area contributed by atoms with E-state index in [-0.39, 0.29) is 0 Å². The smallest absolute Gasteiger partial charge is 0.0364 e. The predicted octanol–water partition coefficient (Wildman–Crippen LogP) is 2.78. The van der Waals surface area contributed by atoms with Crippen molar-refractivity contribution >= 4 is 17.4 Å². The standard InChI is InChI=1S/C10H15NS/c1-8-7-9(11(2)3)5-6-10(8)12-4/h5-7H,1-4H3. The molecule has 0 fully saturated rings. The van der Waals surface area contributed by atoms with E-state index in [1.165, 1.54) is 16.1 Å². The van der Waals surface area contributed by atoms with Gasteiger partial charge in [0.25, 0.3) is 0 Å². The Hall–Kier alpha value is -0.630. The molecule has 0 unspecified atom stereocenters.